The molecular weight excluding hydrogens is 406 g/mol. The van der Waals surface area contributed by atoms with Crippen LogP contribution < -0.4 is 5.32 Å². The third kappa shape index (κ3) is 3.98. The monoisotopic (exact) mass is 427 g/mol. The van der Waals surface area contributed by atoms with Crippen molar-refractivity contribution in [2.45, 2.75) is 18.4 Å². The van der Waals surface area contributed by atoms with Crippen LogP contribution in [0.15, 0.2) is 48.5 Å². The highest BCUT2D eigenvalue weighted by Crippen LogP contribution is 2.33. The summed E-state index contributed by atoms with van der Waals surface area (Å²) in [5, 5.41) is 3.37. The highest BCUT2D eigenvalue weighted by molar-refractivity contribution is 6.30. The number of hydrogen-bond acceptors (Lipinski definition) is 4. The maximum atomic E-state index is 13.2. The van der Waals surface area contributed by atoms with Gasteiger partial charge in [-0.15, -0.1) is 0 Å². The van der Waals surface area contributed by atoms with Crippen LogP contribution in [0.2, 0.25) is 5.02 Å². The van der Waals surface area contributed by atoms with Crippen LogP contribution in [0.3, 0.4) is 0 Å². The van der Waals surface area contributed by atoms with E-state index >= 15 is 0 Å². The third-order valence-electron chi connectivity index (χ3n) is 5.61. The molecule has 0 saturated carbocycles. The maximum Gasteiger partial charge on any atom is 0.410 e. The summed E-state index contributed by atoms with van der Waals surface area (Å²) in [5.41, 5.74) is 0.824. The number of rotatable bonds is 3. The number of likely N-dealkylation sites (N-methyl/N-ethyl adjacent to an activating group) is 1. The minimum atomic E-state index is -0.509. The number of nitrogens with zero attached hydrogens (tertiary/aromatic N) is 2. The molecule has 0 radical (unpaired) electrons. The van der Waals surface area contributed by atoms with Crippen LogP contribution >= 0.6 is 11.6 Å². The average molecular weight is 428 g/mol. The lowest BCUT2D eigenvalue weighted by atomic mass is 9.91. The number of benzene rings is 2. The van der Waals surface area contributed by atoms with E-state index in [1.807, 2.05) is 0 Å². The topological polar surface area (TPSA) is 78.9 Å². The van der Waals surface area contributed by atoms with E-state index in [4.69, 9.17) is 16.3 Å². The molecule has 7 nitrogen and oxygen atoms in total. The van der Waals surface area contributed by atoms with E-state index in [2.05, 4.69) is 5.32 Å². The molecule has 1 N–H and O–H groups in total. The Balaban J connectivity index is 1.46. The van der Waals surface area contributed by atoms with Gasteiger partial charge >= 0.3 is 6.09 Å². The van der Waals surface area contributed by atoms with Crippen molar-refractivity contribution in [3.63, 3.8) is 0 Å². The Morgan fingerprint density at radius 1 is 1.07 bits per heavy atom. The molecule has 156 valence electrons. The summed E-state index contributed by atoms with van der Waals surface area (Å²) in [6, 6.07) is 13.5. The highest BCUT2D eigenvalue weighted by Gasteiger charge is 2.46. The zero-order chi connectivity index (χ0) is 21.3. The Hall–Kier alpha value is -3.06. The van der Waals surface area contributed by atoms with Gasteiger partial charge in [0.05, 0.1) is 17.8 Å². The van der Waals surface area contributed by atoms with Gasteiger partial charge in [-0.25, -0.2) is 4.79 Å². The lowest BCUT2D eigenvalue weighted by Gasteiger charge is -2.37. The summed E-state index contributed by atoms with van der Waals surface area (Å²) in [5.74, 6) is -0.472. The third-order valence-corrected chi connectivity index (χ3v) is 5.87. The van der Waals surface area contributed by atoms with E-state index in [0.717, 1.165) is 0 Å². The summed E-state index contributed by atoms with van der Waals surface area (Å²) < 4.78 is 5.55. The average Bonchev–Trinajstić information content (AvgIpc) is 3.01. The predicted octanol–water partition coefficient (Wildman–Crippen LogP) is 3.65. The van der Waals surface area contributed by atoms with E-state index in [9.17, 15) is 14.4 Å². The van der Waals surface area contributed by atoms with Crippen molar-refractivity contribution in [2.24, 2.45) is 0 Å². The molecule has 8 heteroatoms. The molecule has 2 aromatic carbocycles. The van der Waals surface area contributed by atoms with E-state index in [1.54, 1.807) is 65.4 Å². The van der Waals surface area contributed by atoms with Gasteiger partial charge in [0.25, 0.3) is 11.8 Å². The van der Waals surface area contributed by atoms with E-state index in [-0.39, 0.29) is 17.9 Å². The van der Waals surface area contributed by atoms with Crippen LogP contribution in [0.5, 0.6) is 0 Å². The van der Waals surface area contributed by atoms with Crippen molar-refractivity contribution >= 4 is 35.2 Å². The molecule has 4 rings (SSSR count). The molecule has 3 amide bonds. The zero-order valence-electron chi connectivity index (χ0n) is 16.6. The number of hydrogen-bond donors (Lipinski definition) is 1. The van der Waals surface area contributed by atoms with Gasteiger partial charge in [0.1, 0.15) is 5.60 Å². The second-order valence-corrected chi connectivity index (χ2v) is 8.14. The van der Waals surface area contributed by atoms with E-state index < -0.39 is 5.60 Å². The standard InChI is InChI=1S/C22H22ClN3O4/c1-25-14-22(30-21(25)29)10-12-26(13-11-22)20(28)17-4-2-3-5-18(17)24-19(27)15-6-8-16(23)9-7-15/h2-9H,10-14H2,1H3,(H,24,27). The molecule has 0 bridgehead atoms. The van der Waals surface area contributed by atoms with Crippen LogP contribution in [0.4, 0.5) is 10.5 Å². The first-order valence-electron chi connectivity index (χ1n) is 9.76. The number of halogens is 1. The molecule has 2 aliphatic rings. The zero-order valence-corrected chi connectivity index (χ0v) is 17.3. The smallest absolute Gasteiger partial charge is 0.410 e. The fourth-order valence-electron chi connectivity index (χ4n) is 3.91. The van der Waals surface area contributed by atoms with Gasteiger partial charge in [-0.1, -0.05) is 23.7 Å². The fourth-order valence-corrected chi connectivity index (χ4v) is 4.04. The van der Waals surface area contributed by atoms with Gasteiger partial charge in [-0.2, -0.15) is 0 Å². The fraction of sp³-hybridized carbons (Fsp3) is 0.318. The molecule has 30 heavy (non-hydrogen) atoms. The Kier molecular flexibility index (Phi) is 5.39. The van der Waals surface area contributed by atoms with Gasteiger partial charge < -0.3 is 19.9 Å². The van der Waals surface area contributed by atoms with Gasteiger partial charge in [-0.05, 0) is 36.4 Å². The van der Waals surface area contributed by atoms with Crippen molar-refractivity contribution in [3.8, 4) is 0 Å². The molecule has 2 saturated heterocycles. The number of carbonyl (C=O) groups is 3. The molecule has 2 heterocycles. The number of likely N-dealkylation sites (tertiary alicyclic amines) is 1. The summed E-state index contributed by atoms with van der Waals surface area (Å²) >= 11 is 5.88. The van der Waals surface area contributed by atoms with Crippen molar-refractivity contribution in [1.82, 2.24) is 9.80 Å². The Bertz CT molecular complexity index is 984. The normalized spacial score (nSPS) is 17.7. The van der Waals surface area contributed by atoms with Crippen LogP contribution in [0, 0.1) is 0 Å². The first-order valence-corrected chi connectivity index (χ1v) is 10.1. The number of piperidine rings is 1. The number of carbonyl (C=O) groups excluding carboxylic acids is 3. The maximum absolute atomic E-state index is 13.2. The number of anilines is 1. The van der Waals surface area contributed by atoms with E-state index in [1.165, 1.54) is 0 Å². The van der Waals surface area contributed by atoms with Crippen molar-refractivity contribution in [2.75, 3.05) is 32.0 Å². The predicted molar refractivity (Wildman–Crippen MR) is 113 cm³/mol. The molecule has 0 atom stereocenters. The van der Waals surface area contributed by atoms with Crippen molar-refractivity contribution in [1.29, 1.82) is 0 Å². The Morgan fingerprint density at radius 3 is 2.37 bits per heavy atom. The molecule has 0 aromatic heterocycles. The molecule has 0 unspecified atom stereocenters. The largest absolute Gasteiger partial charge is 0.441 e. The van der Waals surface area contributed by atoms with Gasteiger partial charge in [0.15, 0.2) is 0 Å². The Morgan fingerprint density at radius 2 is 1.73 bits per heavy atom. The molecular formula is C22H22ClN3O4. The first kappa shape index (κ1) is 20.2. The quantitative estimate of drug-likeness (QED) is 0.810. The summed E-state index contributed by atoms with van der Waals surface area (Å²) in [4.78, 5) is 40.8. The lowest BCUT2D eigenvalue weighted by molar-refractivity contribution is 0.00320. The SMILES string of the molecule is CN1CC2(CCN(C(=O)c3ccccc3NC(=O)c3ccc(Cl)cc3)CC2)OC1=O. The minimum absolute atomic E-state index is 0.158. The number of ether oxygens (including phenoxy) is 1. The highest BCUT2D eigenvalue weighted by atomic mass is 35.5. The second-order valence-electron chi connectivity index (χ2n) is 7.71. The number of nitrogens with one attached hydrogen (secondary N) is 1. The van der Waals surface area contributed by atoms with Crippen LogP contribution in [-0.4, -0.2) is 60.0 Å². The molecule has 2 aliphatic heterocycles. The number of para-hydroxylation sites is 1. The summed E-state index contributed by atoms with van der Waals surface area (Å²) in [6.07, 6.45) is 0.868. The van der Waals surface area contributed by atoms with Crippen LogP contribution in [0.1, 0.15) is 33.6 Å². The minimum Gasteiger partial charge on any atom is -0.441 e. The molecule has 0 aliphatic carbocycles. The number of amides is 3. The van der Waals surface area contributed by atoms with Gasteiger partial charge in [0.2, 0.25) is 0 Å². The van der Waals surface area contributed by atoms with Gasteiger partial charge in [0, 0.05) is 43.6 Å². The summed E-state index contributed by atoms with van der Waals surface area (Å²) in [7, 11) is 1.72. The molecule has 2 aromatic rings. The Labute approximate surface area is 179 Å². The first-order chi connectivity index (χ1) is 14.4. The van der Waals surface area contributed by atoms with E-state index in [0.29, 0.717) is 54.3 Å². The molecule has 1 spiro atoms. The summed E-state index contributed by atoms with van der Waals surface area (Å²) in [6.45, 7) is 1.51. The lowest BCUT2D eigenvalue weighted by Crippen LogP contribution is -2.48. The van der Waals surface area contributed by atoms with Crippen molar-refractivity contribution < 1.29 is 19.1 Å². The second kappa shape index (κ2) is 7.99. The van der Waals surface area contributed by atoms with Crippen LogP contribution in [-0.2, 0) is 4.74 Å². The van der Waals surface area contributed by atoms with Gasteiger partial charge in [-0.3, -0.25) is 9.59 Å². The van der Waals surface area contributed by atoms with Crippen LogP contribution in [0.25, 0.3) is 0 Å². The van der Waals surface area contributed by atoms with Crippen molar-refractivity contribution in [3.05, 3.63) is 64.7 Å². The molecule has 2 fully saturated rings.